The molecule has 1 fully saturated rings. The average molecular weight is 325 g/mol. The second-order valence-electron chi connectivity index (χ2n) is 5.67. The maximum atomic E-state index is 12.3. The highest BCUT2D eigenvalue weighted by atomic mass is 16.5. The van der Waals surface area contributed by atoms with E-state index >= 15 is 0 Å². The van der Waals surface area contributed by atoms with Crippen molar-refractivity contribution in [3.05, 3.63) is 60.2 Å². The van der Waals surface area contributed by atoms with E-state index in [0.29, 0.717) is 24.6 Å². The molecule has 124 valence electrons. The van der Waals surface area contributed by atoms with Gasteiger partial charge in [-0.15, -0.1) is 0 Å². The molecule has 0 N–H and O–H groups in total. The highest BCUT2D eigenvalue weighted by Crippen LogP contribution is 2.33. The van der Waals surface area contributed by atoms with Crippen molar-refractivity contribution in [3.63, 3.8) is 0 Å². The van der Waals surface area contributed by atoms with E-state index in [9.17, 15) is 9.59 Å². The summed E-state index contributed by atoms with van der Waals surface area (Å²) in [7, 11) is 1.34. The van der Waals surface area contributed by atoms with Crippen molar-refractivity contribution in [2.45, 2.75) is 13.0 Å². The van der Waals surface area contributed by atoms with E-state index in [2.05, 4.69) is 0 Å². The number of carbonyl (C=O) groups excluding carboxylic acids is 2. The normalized spacial score (nSPS) is 17.0. The van der Waals surface area contributed by atoms with Gasteiger partial charge in [-0.2, -0.15) is 0 Å². The molecule has 1 unspecified atom stereocenters. The van der Waals surface area contributed by atoms with Gasteiger partial charge in [-0.1, -0.05) is 42.5 Å². The van der Waals surface area contributed by atoms with E-state index in [4.69, 9.17) is 9.47 Å². The molecule has 24 heavy (non-hydrogen) atoms. The van der Waals surface area contributed by atoms with Crippen molar-refractivity contribution in [1.29, 1.82) is 0 Å². The Balaban J connectivity index is 1.77. The van der Waals surface area contributed by atoms with Gasteiger partial charge < -0.3 is 14.4 Å². The highest BCUT2D eigenvalue weighted by Gasteiger charge is 2.36. The SMILES string of the molecule is COC(=O)C1CC(=O)N(c2ccccc2OCc2ccccc2)C1. The van der Waals surface area contributed by atoms with Crippen LogP contribution in [0.1, 0.15) is 12.0 Å². The summed E-state index contributed by atoms with van der Waals surface area (Å²) < 4.78 is 10.6. The van der Waals surface area contributed by atoms with Crippen molar-refractivity contribution in [2.75, 3.05) is 18.6 Å². The van der Waals surface area contributed by atoms with Gasteiger partial charge in [0.05, 0.1) is 18.7 Å². The Morgan fingerprint density at radius 3 is 2.58 bits per heavy atom. The molecule has 1 amide bonds. The number of carbonyl (C=O) groups is 2. The molecule has 5 nitrogen and oxygen atoms in total. The van der Waals surface area contributed by atoms with Crippen molar-refractivity contribution in [1.82, 2.24) is 0 Å². The first-order valence-electron chi connectivity index (χ1n) is 7.83. The summed E-state index contributed by atoms with van der Waals surface area (Å²) in [4.78, 5) is 25.6. The maximum absolute atomic E-state index is 12.3. The molecule has 0 radical (unpaired) electrons. The van der Waals surface area contributed by atoms with Crippen molar-refractivity contribution < 1.29 is 19.1 Å². The van der Waals surface area contributed by atoms with Gasteiger partial charge in [0, 0.05) is 13.0 Å². The van der Waals surface area contributed by atoms with E-state index < -0.39 is 5.92 Å². The predicted octanol–water partition coefficient (Wildman–Crippen LogP) is 2.79. The Bertz CT molecular complexity index is 729. The third kappa shape index (κ3) is 3.40. The van der Waals surface area contributed by atoms with Crippen molar-refractivity contribution in [3.8, 4) is 5.75 Å². The zero-order valence-electron chi connectivity index (χ0n) is 13.5. The van der Waals surface area contributed by atoms with Crippen molar-refractivity contribution in [2.24, 2.45) is 5.92 Å². The molecule has 1 heterocycles. The molecule has 1 aliphatic rings. The van der Waals surface area contributed by atoms with Gasteiger partial charge in [-0.05, 0) is 17.7 Å². The number of hydrogen-bond acceptors (Lipinski definition) is 4. The van der Waals surface area contributed by atoms with Crippen LogP contribution >= 0.6 is 0 Å². The molecule has 1 saturated heterocycles. The largest absolute Gasteiger partial charge is 0.487 e. The predicted molar refractivity (Wildman–Crippen MR) is 89.7 cm³/mol. The van der Waals surface area contributed by atoms with Gasteiger partial charge in [0.15, 0.2) is 0 Å². The van der Waals surface area contributed by atoms with Gasteiger partial charge >= 0.3 is 5.97 Å². The molecule has 0 aromatic heterocycles. The summed E-state index contributed by atoms with van der Waals surface area (Å²) in [5, 5.41) is 0. The first kappa shape index (κ1) is 16.1. The lowest BCUT2D eigenvalue weighted by Gasteiger charge is -2.20. The molecule has 5 heteroatoms. The highest BCUT2D eigenvalue weighted by molar-refractivity contribution is 6.00. The quantitative estimate of drug-likeness (QED) is 0.793. The van der Waals surface area contributed by atoms with Gasteiger partial charge in [-0.3, -0.25) is 9.59 Å². The number of para-hydroxylation sites is 2. The van der Waals surface area contributed by atoms with Crippen LogP contribution < -0.4 is 9.64 Å². The monoisotopic (exact) mass is 325 g/mol. The molecule has 0 bridgehead atoms. The first-order valence-corrected chi connectivity index (χ1v) is 7.83. The molecule has 2 aromatic rings. The van der Waals surface area contributed by atoms with Crippen LogP contribution in [0.25, 0.3) is 0 Å². The minimum Gasteiger partial charge on any atom is -0.487 e. The fourth-order valence-electron chi connectivity index (χ4n) is 2.80. The lowest BCUT2D eigenvalue weighted by molar-refractivity contribution is -0.145. The third-order valence-corrected chi connectivity index (χ3v) is 4.05. The Hall–Kier alpha value is -2.82. The van der Waals surface area contributed by atoms with E-state index in [1.165, 1.54) is 7.11 Å². The smallest absolute Gasteiger partial charge is 0.311 e. The second kappa shape index (κ2) is 7.17. The van der Waals surface area contributed by atoms with Crippen LogP contribution in [0.2, 0.25) is 0 Å². The van der Waals surface area contributed by atoms with Crippen molar-refractivity contribution >= 4 is 17.6 Å². The number of amides is 1. The Labute approximate surface area is 140 Å². The van der Waals surface area contributed by atoms with Crippen LogP contribution in [0, 0.1) is 5.92 Å². The number of esters is 1. The Morgan fingerprint density at radius 2 is 1.83 bits per heavy atom. The second-order valence-corrected chi connectivity index (χ2v) is 5.67. The molecular weight excluding hydrogens is 306 g/mol. The number of ether oxygens (including phenoxy) is 2. The summed E-state index contributed by atoms with van der Waals surface area (Å²) in [6.07, 6.45) is 0.166. The lowest BCUT2D eigenvalue weighted by atomic mass is 10.1. The van der Waals surface area contributed by atoms with E-state index in [1.807, 2.05) is 54.6 Å². The minimum absolute atomic E-state index is 0.0961. The summed E-state index contributed by atoms with van der Waals surface area (Å²) in [6.45, 7) is 0.734. The van der Waals surface area contributed by atoms with E-state index in [-0.39, 0.29) is 18.3 Å². The minimum atomic E-state index is -0.426. The summed E-state index contributed by atoms with van der Waals surface area (Å²) in [5.74, 6) is -0.250. The molecule has 1 atom stereocenters. The van der Waals surface area contributed by atoms with E-state index in [0.717, 1.165) is 5.56 Å². The molecule has 3 rings (SSSR count). The van der Waals surface area contributed by atoms with Crippen LogP contribution in [-0.2, 0) is 20.9 Å². The zero-order chi connectivity index (χ0) is 16.9. The fourth-order valence-corrected chi connectivity index (χ4v) is 2.80. The number of anilines is 1. The molecule has 0 spiro atoms. The Morgan fingerprint density at radius 1 is 1.12 bits per heavy atom. The van der Waals surface area contributed by atoms with Crippen LogP contribution in [-0.4, -0.2) is 25.5 Å². The number of hydrogen-bond donors (Lipinski definition) is 0. The van der Waals surface area contributed by atoms with Crippen LogP contribution in [0.5, 0.6) is 5.75 Å². The number of benzene rings is 2. The zero-order valence-corrected chi connectivity index (χ0v) is 13.5. The van der Waals surface area contributed by atoms with E-state index in [1.54, 1.807) is 4.90 Å². The first-order chi connectivity index (χ1) is 11.7. The number of nitrogens with zero attached hydrogens (tertiary/aromatic N) is 1. The number of methoxy groups -OCH3 is 1. The van der Waals surface area contributed by atoms with Gasteiger partial charge in [0.1, 0.15) is 12.4 Å². The Kier molecular flexibility index (Phi) is 4.79. The summed E-state index contributed by atoms with van der Waals surface area (Å²) in [6, 6.07) is 17.2. The molecular formula is C19H19NO4. The van der Waals surface area contributed by atoms with Crippen LogP contribution in [0.3, 0.4) is 0 Å². The number of rotatable bonds is 5. The molecule has 2 aromatic carbocycles. The maximum Gasteiger partial charge on any atom is 0.311 e. The van der Waals surface area contributed by atoms with Gasteiger partial charge in [0.25, 0.3) is 0 Å². The van der Waals surface area contributed by atoms with Crippen LogP contribution in [0.15, 0.2) is 54.6 Å². The summed E-state index contributed by atoms with van der Waals surface area (Å²) in [5.41, 5.74) is 1.73. The molecule has 1 aliphatic heterocycles. The summed E-state index contributed by atoms with van der Waals surface area (Å²) >= 11 is 0. The topological polar surface area (TPSA) is 55.8 Å². The van der Waals surface area contributed by atoms with Gasteiger partial charge in [0.2, 0.25) is 5.91 Å². The lowest BCUT2D eigenvalue weighted by Crippen LogP contribution is -2.26. The standard InChI is InChI=1S/C19H19NO4/c1-23-19(22)15-11-18(21)20(12-15)16-9-5-6-10-17(16)24-13-14-7-3-2-4-8-14/h2-10,15H,11-13H2,1H3. The molecule has 0 aliphatic carbocycles. The van der Waals surface area contributed by atoms with Gasteiger partial charge in [-0.25, -0.2) is 0 Å². The molecule has 0 saturated carbocycles. The van der Waals surface area contributed by atoms with Crippen LogP contribution in [0.4, 0.5) is 5.69 Å². The third-order valence-electron chi connectivity index (χ3n) is 4.05. The average Bonchev–Trinajstić information content (AvgIpc) is 3.02. The fraction of sp³-hybridized carbons (Fsp3) is 0.263.